The molecule has 0 bridgehead atoms. The Labute approximate surface area is 154 Å². The minimum atomic E-state index is -0.611. The number of carbonyl (C=O) groups excluding carboxylic acids is 2. The quantitative estimate of drug-likeness (QED) is 0.462. The first-order chi connectivity index (χ1) is 12.3. The largest absolute Gasteiger partial charge is 0.460 e. The molecule has 0 fully saturated rings. The monoisotopic (exact) mass is 354 g/mol. The van der Waals surface area contributed by atoms with E-state index in [1.807, 2.05) is 43.3 Å². The topological polar surface area (TPSA) is 68.3 Å². The van der Waals surface area contributed by atoms with E-state index in [0.717, 1.165) is 11.3 Å². The maximum absolute atomic E-state index is 12.5. The van der Waals surface area contributed by atoms with E-state index in [0.29, 0.717) is 24.3 Å². The molecule has 1 aromatic heterocycles. The first-order valence-corrected chi connectivity index (χ1v) is 8.81. The lowest BCUT2D eigenvalue weighted by atomic mass is 10.1. The summed E-state index contributed by atoms with van der Waals surface area (Å²) in [7, 11) is 0. The van der Waals surface area contributed by atoms with E-state index in [9.17, 15) is 9.59 Å². The van der Waals surface area contributed by atoms with Gasteiger partial charge >= 0.3 is 5.97 Å². The molecule has 0 atom stereocenters. The predicted molar refractivity (Wildman–Crippen MR) is 102 cm³/mol. The summed E-state index contributed by atoms with van der Waals surface area (Å²) in [6, 6.07) is 13.6. The van der Waals surface area contributed by atoms with E-state index < -0.39 is 11.6 Å². The van der Waals surface area contributed by atoms with Crippen molar-refractivity contribution >= 4 is 17.6 Å². The first-order valence-electron chi connectivity index (χ1n) is 8.81. The summed E-state index contributed by atoms with van der Waals surface area (Å²) < 4.78 is 5.23. The number of hydrogen-bond acceptors (Lipinski definition) is 5. The van der Waals surface area contributed by atoms with Crippen molar-refractivity contribution in [3.05, 3.63) is 59.3 Å². The van der Waals surface area contributed by atoms with Gasteiger partial charge in [-0.2, -0.15) is 0 Å². The molecule has 5 heteroatoms. The third-order valence-corrected chi connectivity index (χ3v) is 3.55. The highest BCUT2D eigenvalue weighted by Gasteiger charge is 2.22. The second-order valence-corrected chi connectivity index (χ2v) is 7.08. The molecule has 0 amide bonds. The lowest BCUT2D eigenvalue weighted by molar-refractivity contribution is -0.153. The molecule has 138 valence electrons. The molecule has 1 heterocycles. The van der Waals surface area contributed by atoms with E-state index in [1.165, 1.54) is 0 Å². The van der Waals surface area contributed by atoms with Gasteiger partial charge in [0.25, 0.3) is 0 Å². The molecule has 0 saturated heterocycles. The van der Waals surface area contributed by atoms with E-state index >= 15 is 0 Å². The van der Waals surface area contributed by atoms with Crippen molar-refractivity contribution in [1.82, 2.24) is 4.98 Å². The van der Waals surface area contributed by atoms with Gasteiger partial charge in [0.05, 0.1) is 5.56 Å². The van der Waals surface area contributed by atoms with Crippen molar-refractivity contribution in [3.8, 4) is 0 Å². The van der Waals surface area contributed by atoms with Crippen molar-refractivity contribution in [2.45, 2.75) is 46.1 Å². The smallest absolute Gasteiger partial charge is 0.314 e. The number of nitrogens with one attached hydrogen (secondary N) is 1. The van der Waals surface area contributed by atoms with Crippen LogP contribution in [0.15, 0.2) is 42.5 Å². The van der Waals surface area contributed by atoms with Crippen LogP contribution >= 0.6 is 0 Å². The highest BCUT2D eigenvalue weighted by atomic mass is 16.6. The molecular weight excluding hydrogens is 328 g/mol. The highest BCUT2D eigenvalue weighted by Crippen LogP contribution is 2.19. The Balaban J connectivity index is 2.17. The summed E-state index contributed by atoms with van der Waals surface area (Å²) in [5.74, 6) is -0.318. The molecule has 0 aliphatic rings. The van der Waals surface area contributed by atoms with Crippen LogP contribution in [0.3, 0.4) is 0 Å². The Hall–Kier alpha value is -2.69. The summed E-state index contributed by atoms with van der Waals surface area (Å²) >= 11 is 0. The fraction of sp³-hybridized carbons (Fsp3) is 0.381. The van der Waals surface area contributed by atoms with Gasteiger partial charge in [0.2, 0.25) is 0 Å². The number of anilines is 1. The first kappa shape index (κ1) is 19.6. The van der Waals surface area contributed by atoms with Gasteiger partial charge in [-0.3, -0.25) is 9.59 Å². The molecule has 2 rings (SSSR count). The Bertz CT molecular complexity index is 765. The summed E-state index contributed by atoms with van der Waals surface area (Å²) in [5, 5.41) is 3.12. The third kappa shape index (κ3) is 5.99. The summed E-state index contributed by atoms with van der Waals surface area (Å²) in [6.07, 6.45) is 0.384. The zero-order valence-corrected chi connectivity index (χ0v) is 15.8. The number of nitrogens with zero attached hydrogens (tertiary/aromatic N) is 1. The summed E-state index contributed by atoms with van der Waals surface area (Å²) in [5.41, 5.74) is 1.81. The number of esters is 1. The van der Waals surface area contributed by atoms with Gasteiger partial charge in [0.15, 0.2) is 5.78 Å². The fourth-order valence-electron chi connectivity index (χ4n) is 2.53. The van der Waals surface area contributed by atoms with Crippen LogP contribution < -0.4 is 5.32 Å². The second kappa shape index (κ2) is 8.61. The number of rotatable bonds is 7. The van der Waals surface area contributed by atoms with Crippen LogP contribution in [0.25, 0.3) is 0 Å². The molecule has 0 unspecified atom stereocenters. The van der Waals surface area contributed by atoms with Crippen LogP contribution in [0, 0.1) is 0 Å². The number of carbonyl (C=O) groups is 2. The average molecular weight is 354 g/mol. The lowest BCUT2D eigenvalue weighted by Gasteiger charge is -2.19. The number of ketones is 1. The molecule has 0 saturated carbocycles. The molecule has 26 heavy (non-hydrogen) atoms. The van der Waals surface area contributed by atoms with Gasteiger partial charge in [-0.05, 0) is 45.4 Å². The molecule has 0 radical (unpaired) electrons. The van der Waals surface area contributed by atoms with Gasteiger partial charge in [-0.25, -0.2) is 4.98 Å². The zero-order chi connectivity index (χ0) is 19.2. The van der Waals surface area contributed by atoms with Gasteiger partial charge < -0.3 is 10.1 Å². The Morgan fingerprint density at radius 1 is 1.08 bits per heavy atom. The van der Waals surface area contributed by atoms with E-state index in [2.05, 4.69) is 10.3 Å². The molecule has 5 nitrogen and oxygen atoms in total. The van der Waals surface area contributed by atoms with Crippen molar-refractivity contribution in [2.75, 3.05) is 11.9 Å². The average Bonchev–Trinajstić information content (AvgIpc) is 2.54. The molecule has 2 aromatic rings. The minimum absolute atomic E-state index is 0.296. The highest BCUT2D eigenvalue weighted by molar-refractivity contribution is 6.08. The van der Waals surface area contributed by atoms with E-state index in [1.54, 1.807) is 26.8 Å². The van der Waals surface area contributed by atoms with Gasteiger partial charge in [0.1, 0.15) is 17.8 Å². The Morgan fingerprint density at radius 3 is 2.38 bits per heavy atom. The van der Waals surface area contributed by atoms with Crippen LogP contribution in [0.5, 0.6) is 0 Å². The van der Waals surface area contributed by atoms with Gasteiger partial charge in [-0.1, -0.05) is 30.3 Å². The number of aromatic nitrogens is 1. The van der Waals surface area contributed by atoms with Crippen LogP contribution in [-0.4, -0.2) is 28.9 Å². The van der Waals surface area contributed by atoms with Gasteiger partial charge in [-0.15, -0.1) is 0 Å². The minimum Gasteiger partial charge on any atom is -0.460 e. The maximum atomic E-state index is 12.5. The third-order valence-electron chi connectivity index (χ3n) is 3.55. The molecular formula is C21H26N2O3. The summed E-state index contributed by atoms with van der Waals surface area (Å²) in [6.45, 7) is 7.90. The van der Waals surface area contributed by atoms with E-state index in [4.69, 9.17) is 4.74 Å². The van der Waals surface area contributed by atoms with Crippen molar-refractivity contribution in [2.24, 2.45) is 0 Å². The van der Waals surface area contributed by atoms with Crippen LogP contribution in [-0.2, 0) is 16.0 Å². The van der Waals surface area contributed by atoms with E-state index in [-0.39, 0.29) is 12.2 Å². The number of pyridine rings is 1. The summed E-state index contributed by atoms with van der Waals surface area (Å²) in [4.78, 5) is 29.0. The number of Topliss-reactive ketones (excluding diaryl/α,β-unsaturated/α-hetero) is 1. The fourth-order valence-corrected chi connectivity index (χ4v) is 2.53. The molecule has 1 N–H and O–H groups in total. The predicted octanol–water partition coefficient (Wildman–Crippen LogP) is 4.02. The van der Waals surface area contributed by atoms with Crippen LogP contribution in [0.4, 0.5) is 5.82 Å². The SMILES string of the molecule is CCNc1nc(Cc2ccccc2)ccc1C(=O)CC(=O)OC(C)(C)C. The standard InChI is InChI=1S/C21H26N2O3/c1-5-22-20-17(18(24)14-19(25)26-21(2,3)4)12-11-16(23-20)13-15-9-7-6-8-10-15/h6-12H,5,13-14H2,1-4H3,(H,22,23). The van der Waals surface area contributed by atoms with Crippen molar-refractivity contribution < 1.29 is 14.3 Å². The molecule has 1 aromatic carbocycles. The molecule has 0 aliphatic carbocycles. The lowest BCUT2D eigenvalue weighted by Crippen LogP contribution is -2.25. The van der Waals surface area contributed by atoms with Crippen molar-refractivity contribution in [1.29, 1.82) is 0 Å². The van der Waals surface area contributed by atoms with Crippen LogP contribution in [0.2, 0.25) is 0 Å². The molecule has 0 spiro atoms. The van der Waals surface area contributed by atoms with Crippen LogP contribution in [0.1, 0.15) is 55.7 Å². The van der Waals surface area contributed by atoms with Crippen molar-refractivity contribution in [3.63, 3.8) is 0 Å². The Morgan fingerprint density at radius 2 is 1.77 bits per heavy atom. The normalized spacial score (nSPS) is 11.1. The maximum Gasteiger partial charge on any atom is 0.314 e. The number of hydrogen-bond donors (Lipinski definition) is 1. The molecule has 0 aliphatic heterocycles. The Kier molecular flexibility index (Phi) is 6.50. The zero-order valence-electron chi connectivity index (χ0n) is 15.8. The number of ether oxygens (including phenoxy) is 1. The second-order valence-electron chi connectivity index (χ2n) is 7.08. The van der Waals surface area contributed by atoms with Gasteiger partial charge in [0, 0.05) is 18.7 Å². The number of benzene rings is 1.